The van der Waals surface area contributed by atoms with Gasteiger partial charge in [0.15, 0.2) is 0 Å². The molecule has 0 saturated carbocycles. The SMILES string of the molecule is CCc1noc(C)c1C(=O)N1CCNC(=O)[C@H](Cc2ccc(-c3cccc(C)c3)cc2)C1. The topological polar surface area (TPSA) is 75.4 Å². The van der Waals surface area contributed by atoms with Crippen LogP contribution in [-0.2, 0) is 17.6 Å². The van der Waals surface area contributed by atoms with Gasteiger partial charge in [0.05, 0.1) is 11.6 Å². The molecule has 2 heterocycles. The number of hydrogen-bond acceptors (Lipinski definition) is 4. The van der Waals surface area contributed by atoms with Crippen LogP contribution < -0.4 is 5.32 Å². The summed E-state index contributed by atoms with van der Waals surface area (Å²) in [5.41, 5.74) is 5.82. The van der Waals surface area contributed by atoms with E-state index in [0.29, 0.717) is 49.5 Å². The maximum atomic E-state index is 13.2. The number of carbonyl (C=O) groups is 2. The second-order valence-corrected chi connectivity index (χ2v) is 8.42. The van der Waals surface area contributed by atoms with Crippen molar-refractivity contribution in [3.05, 3.63) is 76.7 Å². The van der Waals surface area contributed by atoms with Crippen molar-refractivity contribution in [3.8, 4) is 11.1 Å². The summed E-state index contributed by atoms with van der Waals surface area (Å²) >= 11 is 0. The first-order chi connectivity index (χ1) is 15.5. The molecule has 0 unspecified atom stereocenters. The Kier molecular flexibility index (Phi) is 6.40. The monoisotopic (exact) mass is 431 g/mol. The highest BCUT2D eigenvalue weighted by atomic mass is 16.5. The van der Waals surface area contributed by atoms with Crippen LogP contribution in [0.25, 0.3) is 11.1 Å². The van der Waals surface area contributed by atoms with Crippen molar-refractivity contribution in [1.29, 1.82) is 0 Å². The summed E-state index contributed by atoms with van der Waals surface area (Å²) in [5.74, 6) is 0.0906. The zero-order chi connectivity index (χ0) is 22.7. The molecular formula is C26H29N3O3. The van der Waals surface area contributed by atoms with Crippen molar-refractivity contribution in [2.45, 2.75) is 33.6 Å². The van der Waals surface area contributed by atoms with Gasteiger partial charge >= 0.3 is 0 Å². The molecule has 1 aromatic heterocycles. The molecule has 1 saturated heterocycles. The van der Waals surface area contributed by atoms with Gasteiger partial charge in [-0.25, -0.2) is 0 Å². The molecule has 1 N–H and O–H groups in total. The smallest absolute Gasteiger partial charge is 0.259 e. The van der Waals surface area contributed by atoms with E-state index in [-0.39, 0.29) is 17.7 Å². The Morgan fingerprint density at radius 3 is 2.66 bits per heavy atom. The van der Waals surface area contributed by atoms with E-state index in [1.165, 1.54) is 11.1 Å². The molecular weight excluding hydrogens is 402 g/mol. The van der Waals surface area contributed by atoms with Crippen LogP contribution in [0.2, 0.25) is 0 Å². The van der Waals surface area contributed by atoms with Gasteiger partial charge in [0, 0.05) is 19.6 Å². The fraction of sp³-hybridized carbons (Fsp3) is 0.346. The zero-order valence-corrected chi connectivity index (χ0v) is 18.9. The van der Waals surface area contributed by atoms with Gasteiger partial charge in [0.1, 0.15) is 11.3 Å². The van der Waals surface area contributed by atoms with E-state index in [1.807, 2.05) is 6.92 Å². The normalized spacial score (nSPS) is 16.5. The maximum Gasteiger partial charge on any atom is 0.259 e. The first-order valence-corrected chi connectivity index (χ1v) is 11.1. The van der Waals surface area contributed by atoms with E-state index >= 15 is 0 Å². The van der Waals surface area contributed by atoms with Crippen LogP contribution in [0.4, 0.5) is 0 Å². The molecule has 3 aromatic rings. The minimum absolute atomic E-state index is 0.0131. The average Bonchev–Trinajstić information content (AvgIpc) is 3.07. The number of carbonyl (C=O) groups excluding carboxylic acids is 2. The summed E-state index contributed by atoms with van der Waals surface area (Å²) in [6.07, 6.45) is 1.20. The van der Waals surface area contributed by atoms with Crippen molar-refractivity contribution in [2.75, 3.05) is 19.6 Å². The standard InChI is InChI=1S/C26H29N3O3/c1-4-23-24(18(3)32-28-23)26(31)29-13-12-27-25(30)22(16-29)15-19-8-10-20(11-9-19)21-7-5-6-17(2)14-21/h5-11,14,22H,4,12-13,15-16H2,1-3H3,(H,27,30)/t22-/m1/s1. The van der Waals surface area contributed by atoms with Gasteiger partial charge in [-0.05, 0) is 43.4 Å². The molecule has 1 aliphatic rings. The zero-order valence-electron chi connectivity index (χ0n) is 18.9. The molecule has 0 aliphatic carbocycles. The predicted molar refractivity (Wildman–Crippen MR) is 123 cm³/mol. The van der Waals surface area contributed by atoms with Gasteiger partial charge in [0.25, 0.3) is 5.91 Å². The lowest BCUT2D eigenvalue weighted by Gasteiger charge is -2.23. The Morgan fingerprint density at radius 1 is 1.16 bits per heavy atom. The summed E-state index contributed by atoms with van der Waals surface area (Å²) in [7, 11) is 0. The van der Waals surface area contributed by atoms with E-state index in [0.717, 1.165) is 11.1 Å². The van der Waals surface area contributed by atoms with Crippen LogP contribution in [0.15, 0.2) is 53.1 Å². The highest BCUT2D eigenvalue weighted by Crippen LogP contribution is 2.23. The summed E-state index contributed by atoms with van der Waals surface area (Å²) in [6.45, 7) is 7.08. The largest absolute Gasteiger partial charge is 0.361 e. The lowest BCUT2D eigenvalue weighted by Crippen LogP contribution is -2.37. The van der Waals surface area contributed by atoms with Crippen molar-refractivity contribution in [3.63, 3.8) is 0 Å². The molecule has 1 atom stereocenters. The molecule has 4 rings (SSSR count). The van der Waals surface area contributed by atoms with Gasteiger partial charge in [0.2, 0.25) is 5.91 Å². The number of nitrogens with one attached hydrogen (secondary N) is 1. The van der Waals surface area contributed by atoms with Crippen LogP contribution in [-0.4, -0.2) is 41.5 Å². The third-order valence-corrected chi connectivity index (χ3v) is 6.05. The van der Waals surface area contributed by atoms with Crippen molar-refractivity contribution >= 4 is 11.8 Å². The van der Waals surface area contributed by atoms with Gasteiger partial charge < -0.3 is 14.7 Å². The summed E-state index contributed by atoms with van der Waals surface area (Å²) in [5, 5.41) is 6.97. The van der Waals surface area contributed by atoms with Gasteiger partial charge in [-0.3, -0.25) is 9.59 Å². The summed E-state index contributed by atoms with van der Waals surface area (Å²) in [4.78, 5) is 27.7. The third kappa shape index (κ3) is 4.59. The fourth-order valence-electron chi connectivity index (χ4n) is 4.27. The number of benzene rings is 2. The Balaban J connectivity index is 1.50. The molecule has 0 bridgehead atoms. The van der Waals surface area contributed by atoms with E-state index in [4.69, 9.17) is 4.52 Å². The van der Waals surface area contributed by atoms with Crippen molar-refractivity contribution in [1.82, 2.24) is 15.4 Å². The van der Waals surface area contributed by atoms with E-state index in [1.54, 1.807) is 11.8 Å². The molecule has 2 aromatic carbocycles. The van der Waals surface area contributed by atoms with E-state index in [9.17, 15) is 9.59 Å². The number of amides is 2. The van der Waals surface area contributed by atoms with Gasteiger partial charge in [-0.15, -0.1) is 0 Å². The Hall–Kier alpha value is -3.41. The minimum atomic E-state index is -0.309. The molecule has 1 fully saturated rings. The van der Waals surface area contributed by atoms with Gasteiger partial charge in [-0.1, -0.05) is 66.2 Å². The Bertz CT molecular complexity index is 1120. The van der Waals surface area contributed by atoms with Crippen LogP contribution in [0.1, 0.15) is 39.9 Å². The van der Waals surface area contributed by atoms with E-state index < -0.39 is 0 Å². The molecule has 6 nitrogen and oxygen atoms in total. The molecule has 0 spiro atoms. The minimum Gasteiger partial charge on any atom is -0.361 e. The second kappa shape index (κ2) is 9.39. The highest BCUT2D eigenvalue weighted by Gasteiger charge is 2.31. The summed E-state index contributed by atoms with van der Waals surface area (Å²) < 4.78 is 5.25. The molecule has 2 amide bonds. The molecule has 6 heteroatoms. The van der Waals surface area contributed by atoms with Crippen LogP contribution in [0, 0.1) is 19.8 Å². The Morgan fingerprint density at radius 2 is 1.94 bits per heavy atom. The lowest BCUT2D eigenvalue weighted by molar-refractivity contribution is -0.124. The van der Waals surface area contributed by atoms with Crippen LogP contribution >= 0.6 is 0 Å². The maximum absolute atomic E-state index is 13.2. The average molecular weight is 432 g/mol. The number of rotatable bonds is 5. The number of hydrogen-bond donors (Lipinski definition) is 1. The molecule has 166 valence electrons. The first-order valence-electron chi connectivity index (χ1n) is 11.1. The van der Waals surface area contributed by atoms with Crippen molar-refractivity contribution < 1.29 is 14.1 Å². The third-order valence-electron chi connectivity index (χ3n) is 6.05. The number of aryl methyl sites for hydroxylation is 3. The molecule has 1 aliphatic heterocycles. The molecule has 32 heavy (non-hydrogen) atoms. The number of aromatic nitrogens is 1. The van der Waals surface area contributed by atoms with Crippen LogP contribution in [0.5, 0.6) is 0 Å². The predicted octanol–water partition coefficient (Wildman–Crippen LogP) is 3.95. The second-order valence-electron chi connectivity index (χ2n) is 8.42. The lowest BCUT2D eigenvalue weighted by atomic mass is 9.95. The highest BCUT2D eigenvalue weighted by molar-refractivity contribution is 5.96. The fourth-order valence-corrected chi connectivity index (χ4v) is 4.27. The van der Waals surface area contributed by atoms with Gasteiger partial charge in [-0.2, -0.15) is 0 Å². The first kappa shape index (κ1) is 21.8. The van der Waals surface area contributed by atoms with E-state index in [2.05, 4.69) is 65.9 Å². The number of nitrogens with zero attached hydrogens (tertiary/aromatic N) is 2. The summed E-state index contributed by atoms with van der Waals surface area (Å²) in [6, 6.07) is 16.7. The van der Waals surface area contributed by atoms with Crippen LogP contribution in [0.3, 0.4) is 0 Å². The Labute approximate surface area is 188 Å². The molecule has 0 radical (unpaired) electrons. The van der Waals surface area contributed by atoms with Crippen molar-refractivity contribution in [2.24, 2.45) is 5.92 Å². The quantitative estimate of drug-likeness (QED) is 0.664.